The summed E-state index contributed by atoms with van der Waals surface area (Å²) in [6.07, 6.45) is 0.364. The second kappa shape index (κ2) is 5.90. The van der Waals surface area contributed by atoms with Gasteiger partial charge in [-0.25, -0.2) is 4.79 Å². The van der Waals surface area contributed by atoms with Gasteiger partial charge in [0.05, 0.1) is 35.0 Å². The average molecular weight is 330 g/mol. The van der Waals surface area contributed by atoms with E-state index in [1.807, 2.05) is 0 Å². The lowest BCUT2D eigenvalue weighted by Crippen LogP contribution is -2.48. The lowest BCUT2D eigenvalue weighted by atomic mass is 10.2. The van der Waals surface area contributed by atoms with Gasteiger partial charge in [0.1, 0.15) is 0 Å². The van der Waals surface area contributed by atoms with Crippen LogP contribution >= 0.6 is 23.5 Å². The van der Waals surface area contributed by atoms with Crippen molar-refractivity contribution < 1.29 is 24.2 Å². The van der Waals surface area contributed by atoms with E-state index in [4.69, 9.17) is 4.74 Å². The Balaban J connectivity index is 1.63. The van der Waals surface area contributed by atoms with Crippen molar-refractivity contribution in [2.24, 2.45) is 0 Å². The van der Waals surface area contributed by atoms with Gasteiger partial charge in [0.2, 0.25) is 11.8 Å². The molecule has 0 radical (unpaired) electrons. The average Bonchev–Trinajstić information content (AvgIpc) is 2.78. The van der Waals surface area contributed by atoms with E-state index in [9.17, 15) is 19.5 Å². The number of nitrogens with zero attached hydrogens (tertiary/aromatic N) is 2. The van der Waals surface area contributed by atoms with Crippen molar-refractivity contribution in [2.45, 2.75) is 11.8 Å². The van der Waals surface area contributed by atoms with Gasteiger partial charge in [-0.2, -0.15) is 0 Å². The lowest BCUT2D eigenvalue weighted by Gasteiger charge is -2.33. The number of carboxylic acid groups (broad SMARTS) is 1. The summed E-state index contributed by atoms with van der Waals surface area (Å²) in [6, 6.07) is 0. The predicted octanol–water partition coefficient (Wildman–Crippen LogP) is 0.137. The molecule has 114 valence electrons. The Labute approximate surface area is 129 Å². The normalized spacial score (nSPS) is 25.0. The standard InChI is InChI=1S/C12H14N2O5S2/c15-7-5-9-14(7)10(11(17)18)12(21-9)20-6-8(16)13-1-3-19-4-2-13/h9H,1-6H2,(H,17,18)/t9-/m0/s1. The Hall–Kier alpha value is -1.19. The van der Waals surface area contributed by atoms with Gasteiger partial charge < -0.3 is 14.7 Å². The van der Waals surface area contributed by atoms with E-state index in [1.54, 1.807) is 4.90 Å². The molecule has 2 amide bonds. The van der Waals surface area contributed by atoms with Crippen LogP contribution in [0.3, 0.4) is 0 Å². The van der Waals surface area contributed by atoms with Crippen LogP contribution in [0.5, 0.6) is 0 Å². The first-order chi connectivity index (χ1) is 10.1. The highest BCUT2D eigenvalue weighted by Gasteiger charge is 2.48. The van der Waals surface area contributed by atoms with Crippen molar-refractivity contribution in [1.82, 2.24) is 9.80 Å². The molecule has 3 heterocycles. The van der Waals surface area contributed by atoms with Crippen LogP contribution in [0, 0.1) is 0 Å². The minimum atomic E-state index is -1.11. The van der Waals surface area contributed by atoms with Crippen molar-refractivity contribution in [1.29, 1.82) is 0 Å². The van der Waals surface area contributed by atoms with Crippen molar-refractivity contribution in [3.63, 3.8) is 0 Å². The zero-order valence-electron chi connectivity index (χ0n) is 11.1. The van der Waals surface area contributed by atoms with Crippen LogP contribution in [0.25, 0.3) is 0 Å². The number of ether oxygens (including phenoxy) is 1. The maximum absolute atomic E-state index is 12.1. The summed E-state index contributed by atoms with van der Waals surface area (Å²) in [5.41, 5.74) is 0.0287. The summed E-state index contributed by atoms with van der Waals surface area (Å²) in [6.45, 7) is 2.23. The van der Waals surface area contributed by atoms with Gasteiger partial charge in [-0.3, -0.25) is 14.5 Å². The zero-order valence-corrected chi connectivity index (χ0v) is 12.7. The Kier molecular flexibility index (Phi) is 4.14. The van der Waals surface area contributed by atoms with Crippen LogP contribution in [0.2, 0.25) is 0 Å². The third-order valence-corrected chi connectivity index (χ3v) is 6.02. The number of thioether (sulfide) groups is 2. The molecular formula is C12H14N2O5S2. The van der Waals surface area contributed by atoms with Crippen LogP contribution in [-0.4, -0.2) is 70.1 Å². The smallest absolute Gasteiger partial charge is 0.354 e. The third-order valence-electron chi connectivity index (χ3n) is 3.48. The number of hydrogen-bond donors (Lipinski definition) is 1. The molecule has 21 heavy (non-hydrogen) atoms. The molecule has 9 heteroatoms. The van der Waals surface area contributed by atoms with Gasteiger partial charge in [-0.1, -0.05) is 11.8 Å². The van der Waals surface area contributed by atoms with Crippen LogP contribution in [0.4, 0.5) is 0 Å². The molecule has 3 rings (SSSR count). The molecule has 0 aromatic carbocycles. The quantitative estimate of drug-likeness (QED) is 0.734. The number of carboxylic acids is 1. The van der Waals surface area contributed by atoms with Gasteiger partial charge in [0.15, 0.2) is 5.70 Å². The second-order valence-electron chi connectivity index (χ2n) is 4.76. The number of aliphatic carboxylic acids is 1. The SMILES string of the molecule is O=C(O)C1=C(SCC(=O)N2CCOCC2)S[C@H]2CC(=O)N12. The van der Waals surface area contributed by atoms with Gasteiger partial charge in [0.25, 0.3) is 0 Å². The Bertz CT molecular complexity index is 530. The van der Waals surface area contributed by atoms with Crippen LogP contribution < -0.4 is 0 Å². The summed E-state index contributed by atoms with van der Waals surface area (Å²) in [5, 5.41) is 9.14. The fraction of sp³-hybridized carbons (Fsp3) is 0.583. The van der Waals surface area contributed by atoms with E-state index in [2.05, 4.69) is 0 Å². The number of amides is 2. The maximum atomic E-state index is 12.1. The number of β-lactam (4-membered cyclic amide) rings is 1. The molecule has 0 aromatic heterocycles. The number of fused-ring (bicyclic) bond motifs is 1. The van der Waals surface area contributed by atoms with Crippen LogP contribution in [-0.2, 0) is 19.1 Å². The number of rotatable bonds is 4. The maximum Gasteiger partial charge on any atom is 0.354 e. The van der Waals surface area contributed by atoms with E-state index in [0.717, 1.165) is 0 Å². The summed E-state index contributed by atoms with van der Waals surface area (Å²) in [7, 11) is 0. The zero-order chi connectivity index (χ0) is 15.0. The van der Waals surface area contributed by atoms with Gasteiger partial charge in [-0.05, 0) is 0 Å². The largest absolute Gasteiger partial charge is 0.477 e. The molecule has 0 saturated carbocycles. The predicted molar refractivity (Wildman–Crippen MR) is 77.4 cm³/mol. The molecular weight excluding hydrogens is 316 g/mol. The topological polar surface area (TPSA) is 87.1 Å². The molecule has 0 unspecified atom stereocenters. The second-order valence-corrected chi connectivity index (χ2v) is 7.20. The number of hydrogen-bond acceptors (Lipinski definition) is 6. The summed E-state index contributed by atoms with van der Waals surface area (Å²) >= 11 is 2.57. The molecule has 0 spiro atoms. The molecule has 0 aromatic rings. The van der Waals surface area contributed by atoms with Gasteiger partial charge in [0, 0.05) is 13.1 Å². The molecule has 3 aliphatic rings. The fourth-order valence-corrected chi connectivity index (χ4v) is 4.99. The van der Waals surface area contributed by atoms with Crippen molar-refractivity contribution in [3.8, 4) is 0 Å². The van der Waals surface area contributed by atoms with Crippen molar-refractivity contribution in [2.75, 3.05) is 32.1 Å². The van der Waals surface area contributed by atoms with E-state index < -0.39 is 5.97 Å². The highest BCUT2D eigenvalue weighted by molar-refractivity contribution is 8.23. The van der Waals surface area contributed by atoms with Crippen LogP contribution in [0.1, 0.15) is 6.42 Å². The Morgan fingerprint density at radius 1 is 1.38 bits per heavy atom. The highest BCUT2D eigenvalue weighted by Crippen LogP contribution is 2.50. The van der Waals surface area contributed by atoms with Crippen LogP contribution in [0.15, 0.2) is 9.93 Å². The molecule has 2 fully saturated rings. The fourth-order valence-electron chi connectivity index (χ4n) is 2.35. The summed E-state index contributed by atoms with van der Waals surface area (Å²) in [4.78, 5) is 37.9. The minimum Gasteiger partial charge on any atom is -0.477 e. The third kappa shape index (κ3) is 2.77. The highest BCUT2D eigenvalue weighted by atomic mass is 32.2. The molecule has 7 nitrogen and oxygen atoms in total. The molecule has 0 aliphatic carbocycles. The van der Waals surface area contributed by atoms with E-state index >= 15 is 0 Å². The van der Waals surface area contributed by atoms with Gasteiger partial charge >= 0.3 is 5.97 Å². The van der Waals surface area contributed by atoms with Crippen molar-refractivity contribution in [3.05, 3.63) is 9.93 Å². The van der Waals surface area contributed by atoms with Crippen molar-refractivity contribution >= 4 is 41.3 Å². The molecule has 0 bridgehead atoms. The first-order valence-electron chi connectivity index (χ1n) is 6.52. The molecule has 2 saturated heterocycles. The lowest BCUT2D eigenvalue weighted by molar-refractivity contribution is -0.145. The van der Waals surface area contributed by atoms with E-state index in [-0.39, 0.29) is 28.6 Å². The van der Waals surface area contributed by atoms with Gasteiger partial charge in [-0.15, -0.1) is 11.8 Å². The summed E-state index contributed by atoms with van der Waals surface area (Å²) < 4.78 is 5.74. The molecule has 1 N–H and O–H groups in total. The summed E-state index contributed by atoms with van der Waals surface area (Å²) in [5.74, 6) is -1.12. The number of morpholine rings is 1. The first-order valence-corrected chi connectivity index (χ1v) is 8.39. The van der Waals surface area contributed by atoms with E-state index in [1.165, 1.54) is 28.4 Å². The number of carbonyl (C=O) groups is 3. The monoisotopic (exact) mass is 330 g/mol. The number of carbonyl (C=O) groups excluding carboxylic acids is 2. The Morgan fingerprint density at radius 2 is 2.10 bits per heavy atom. The van der Waals surface area contributed by atoms with E-state index in [0.29, 0.717) is 37.0 Å². The molecule has 1 atom stereocenters. The first kappa shape index (κ1) is 14.7. The Morgan fingerprint density at radius 3 is 2.71 bits per heavy atom. The molecule has 3 aliphatic heterocycles. The minimum absolute atomic E-state index is 0.0262.